The van der Waals surface area contributed by atoms with Crippen LogP contribution in [-0.4, -0.2) is 5.78 Å². The van der Waals surface area contributed by atoms with Gasteiger partial charge in [-0.15, -0.1) is 0 Å². The molecule has 0 aliphatic heterocycles. The summed E-state index contributed by atoms with van der Waals surface area (Å²) in [5.74, 6) is -0.324. The molecule has 1 aromatic rings. The van der Waals surface area contributed by atoms with Crippen LogP contribution in [0.4, 0.5) is 4.39 Å². The number of hydrogen-bond donors (Lipinski definition) is 0. The van der Waals surface area contributed by atoms with Gasteiger partial charge in [-0.2, -0.15) is 0 Å². The van der Waals surface area contributed by atoms with Gasteiger partial charge in [0.15, 0.2) is 5.78 Å². The summed E-state index contributed by atoms with van der Waals surface area (Å²) in [7, 11) is 0. The molecule has 0 saturated carbocycles. The summed E-state index contributed by atoms with van der Waals surface area (Å²) < 4.78 is 12.5. The van der Waals surface area contributed by atoms with E-state index in [0.717, 1.165) is 0 Å². The second kappa shape index (κ2) is 5.46. The Balaban J connectivity index is 0.000000671. The van der Waals surface area contributed by atoms with Gasteiger partial charge in [-0.05, 0) is 37.6 Å². The van der Waals surface area contributed by atoms with E-state index in [-0.39, 0.29) is 11.6 Å². The number of carbonyl (C=O) groups is 1. The quantitative estimate of drug-likeness (QED) is 0.608. The van der Waals surface area contributed by atoms with Gasteiger partial charge in [-0.1, -0.05) is 13.8 Å². The summed E-state index contributed by atoms with van der Waals surface area (Å²) in [6, 6.07) is 4.16. The summed E-state index contributed by atoms with van der Waals surface area (Å²) in [4.78, 5) is 10.9. The first-order chi connectivity index (χ1) is 6.11. The highest BCUT2D eigenvalue weighted by molar-refractivity contribution is 5.95. The van der Waals surface area contributed by atoms with Gasteiger partial charge in [0.2, 0.25) is 0 Å². The van der Waals surface area contributed by atoms with Crippen molar-refractivity contribution in [2.75, 3.05) is 0 Å². The molecule has 0 fully saturated rings. The second-order valence-corrected chi connectivity index (χ2v) is 2.52. The molecular weight excluding hydrogens is 167 g/mol. The first-order valence-corrected chi connectivity index (χ1v) is 4.38. The van der Waals surface area contributed by atoms with Gasteiger partial charge < -0.3 is 0 Å². The molecular formula is C11H15FO. The fraction of sp³-hybridized carbons (Fsp3) is 0.364. The predicted molar refractivity (Wildman–Crippen MR) is 52.5 cm³/mol. The maximum absolute atomic E-state index is 12.5. The minimum absolute atomic E-state index is 0.0255. The van der Waals surface area contributed by atoms with Crippen molar-refractivity contribution in [3.05, 3.63) is 35.1 Å². The third-order valence-corrected chi connectivity index (χ3v) is 1.57. The van der Waals surface area contributed by atoms with Crippen molar-refractivity contribution in [2.45, 2.75) is 27.7 Å². The van der Waals surface area contributed by atoms with Crippen molar-refractivity contribution < 1.29 is 9.18 Å². The number of Topliss-reactive ketones (excluding diaryl/α,β-unsaturated/α-hetero) is 1. The highest BCUT2D eigenvalue weighted by Crippen LogP contribution is 2.09. The predicted octanol–water partition coefficient (Wildman–Crippen LogP) is 3.36. The fourth-order valence-corrected chi connectivity index (χ4v) is 1.02. The fourth-order valence-electron chi connectivity index (χ4n) is 1.02. The van der Waals surface area contributed by atoms with Gasteiger partial charge in [-0.25, -0.2) is 4.39 Å². The first kappa shape index (κ1) is 11.8. The lowest BCUT2D eigenvalue weighted by atomic mass is 10.1. The van der Waals surface area contributed by atoms with Crippen LogP contribution in [0.3, 0.4) is 0 Å². The van der Waals surface area contributed by atoms with Crippen LogP contribution in [0.5, 0.6) is 0 Å². The van der Waals surface area contributed by atoms with E-state index in [1.807, 2.05) is 13.8 Å². The Labute approximate surface area is 78.6 Å². The van der Waals surface area contributed by atoms with Gasteiger partial charge in [0.25, 0.3) is 0 Å². The molecule has 0 atom stereocenters. The number of rotatable bonds is 1. The van der Waals surface area contributed by atoms with Gasteiger partial charge in [0.1, 0.15) is 5.82 Å². The van der Waals surface area contributed by atoms with Crippen molar-refractivity contribution >= 4 is 5.78 Å². The van der Waals surface area contributed by atoms with Gasteiger partial charge >= 0.3 is 0 Å². The Bertz CT molecular complexity index is 292. The number of ketones is 1. The molecule has 0 unspecified atom stereocenters. The lowest BCUT2D eigenvalue weighted by Crippen LogP contribution is -1.95. The smallest absolute Gasteiger partial charge is 0.160 e. The van der Waals surface area contributed by atoms with Crippen LogP contribution in [0.1, 0.15) is 36.7 Å². The minimum Gasteiger partial charge on any atom is -0.295 e. The molecule has 13 heavy (non-hydrogen) atoms. The molecule has 0 spiro atoms. The minimum atomic E-state index is -0.299. The zero-order valence-electron chi connectivity index (χ0n) is 8.52. The molecule has 1 nitrogen and oxygen atoms in total. The highest BCUT2D eigenvalue weighted by atomic mass is 19.1. The number of halogens is 1. The van der Waals surface area contributed by atoms with E-state index in [1.165, 1.54) is 25.1 Å². The van der Waals surface area contributed by atoms with E-state index in [2.05, 4.69) is 0 Å². The Morgan fingerprint density at radius 3 is 2.23 bits per heavy atom. The molecule has 0 aliphatic rings. The van der Waals surface area contributed by atoms with E-state index in [0.29, 0.717) is 11.1 Å². The van der Waals surface area contributed by atoms with Crippen LogP contribution in [-0.2, 0) is 0 Å². The van der Waals surface area contributed by atoms with E-state index < -0.39 is 0 Å². The zero-order chi connectivity index (χ0) is 10.4. The molecule has 0 radical (unpaired) electrons. The number of carbonyl (C=O) groups excluding carboxylic acids is 1. The third-order valence-electron chi connectivity index (χ3n) is 1.57. The normalized spacial score (nSPS) is 8.69. The second-order valence-electron chi connectivity index (χ2n) is 2.52. The molecule has 1 rings (SSSR count). The number of aryl methyl sites for hydroxylation is 1. The maximum atomic E-state index is 12.5. The van der Waals surface area contributed by atoms with Crippen LogP contribution in [0.2, 0.25) is 0 Å². The Hall–Kier alpha value is -1.18. The van der Waals surface area contributed by atoms with Crippen LogP contribution >= 0.6 is 0 Å². The van der Waals surface area contributed by atoms with Crippen molar-refractivity contribution in [1.29, 1.82) is 0 Å². The summed E-state index contributed by atoms with van der Waals surface area (Å²) in [6.07, 6.45) is 0. The van der Waals surface area contributed by atoms with Crippen LogP contribution < -0.4 is 0 Å². The maximum Gasteiger partial charge on any atom is 0.160 e. The zero-order valence-corrected chi connectivity index (χ0v) is 8.52. The van der Waals surface area contributed by atoms with Gasteiger partial charge in [0, 0.05) is 5.56 Å². The molecule has 0 heterocycles. The summed E-state index contributed by atoms with van der Waals surface area (Å²) >= 11 is 0. The standard InChI is InChI=1S/C9H9FO.C2H6/c1-6-5-8(10)3-4-9(6)7(2)11;1-2/h3-5H,1-2H3;1-2H3. The van der Waals surface area contributed by atoms with Gasteiger partial charge in [-0.3, -0.25) is 4.79 Å². The molecule has 1 aromatic carbocycles. The van der Waals surface area contributed by atoms with Crippen LogP contribution in [0.15, 0.2) is 18.2 Å². The lowest BCUT2D eigenvalue weighted by molar-refractivity contribution is 0.101. The summed E-state index contributed by atoms with van der Waals surface area (Å²) in [5.41, 5.74) is 1.28. The van der Waals surface area contributed by atoms with E-state index >= 15 is 0 Å². The van der Waals surface area contributed by atoms with Crippen molar-refractivity contribution in [2.24, 2.45) is 0 Å². The Kier molecular flexibility index (Phi) is 4.97. The molecule has 72 valence electrons. The third kappa shape index (κ3) is 3.36. The van der Waals surface area contributed by atoms with Crippen molar-refractivity contribution in [3.63, 3.8) is 0 Å². The average molecular weight is 182 g/mol. The topological polar surface area (TPSA) is 17.1 Å². The van der Waals surface area contributed by atoms with E-state index in [1.54, 1.807) is 6.92 Å². The molecule has 0 N–H and O–H groups in total. The van der Waals surface area contributed by atoms with E-state index in [4.69, 9.17) is 0 Å². The van der Waals surface area contributed by atoms with E-state index in [9.17, 15) is 9.18 Å². The summed E-state index contributed by atoms with van der Waals surface area (Å²) in [6.45, 7) is 7.19. The molecule has 0 amide bonds. The monoisotopic (exact) mass is 182 g/mol. The van der Waals surface area contributed by atoms with Gasteiger partial charge in [0.05, 0.1) is 0 Å². The SMILES string of the molecule is CC.CC(=O)c1ccc(F)cc1C. The lowest BCUT2D eigenvalue weighted by Gasteiger charge is -1.99. The Morgan fingerprint density at radius 2 is 1.85 bits per heavy atom. The van der Waals surface area contributed by atoms with Crippen LogP contribution in [0.25, 0.3) is 0 Å². The average Bonchev–Trinajstić information content (AvgIpc) is 2.07. The molecule has 0 bridgehead atoms. The Morgan fingerprint density at radius 1 is 1.31 bits per heavy atom. The molecule has 0 aromatic heterocycles. The van der Waals surface area contributed by atoms with Crippen molar-refractivity contribution in [3.8, 4) is 0 Å². The highest BCUT2D eigenvalue weighted by Gasteiger charge is 2.02. The van der Waals surface area contributed by atoms with Crippen LogP contribution in [0, 0.1) is 12.7 Å². The largest absolute Gasteiger partial charge is 0.295 e. The number of hydrogen-bond acceptors (Lipinski definition) is 1. The molecule has 0 aliphatic carbocycles. The molecule has 2 heteroatoms. The first-order valence-electron chi connectivity index (χ1n) is 4.38. The van der Waals surface area contributed by atoms with Crippen molar-refractivity contribution in [1.82, 2.24) is 0 Å². The number of benzene rings is 1. The molecule has 0 saturated heterocycles. The summed E-state index contributed by atoms with van der Waals surface area (Å²) in [5, 5.41) is 0.